The van der Waals surface area contributed by atoms with Crippen molar-refractivity contribution in [3.63, 3.8) is 0 Å². The van der Waals surface area contributed by atoms with Crippen LogP contribution in [0.5, 0.6) is 0 Å². The zero-order valence-electron chi connectivity index (χ0n) is 12.4. The maximum Gasteiger partial charge on any atom is 0.291 e. The molecular formula is C17H12N4O2S. The summed E-state index contributed by atoms with van der Waals surface area (Å²) in [6.45, 7) is 0. The first-order valence-corrected chi connectivity index (χ1v) is 8.03. The van der Waals surface area contributed by atoms with Crippen LogP contribution in [-0.4, -0.2) is 15.9 Å². The van der Waals surface area contributed by atoms with Crippen molar-refractivity contribution >= 4 is 44.1 Å². The van der Waals surface area contributed by atoms with E-state index in [9.17, 15) is 4.79 Å². The molecule has 4 rings (SSSR count). The Kier molecular flexibility index (Phi) is 3.68. The summed E-state index contributed by atoms with van der Waals surface area (Å²) in [7, 11) is 0. The number of nitrogens with zero attached hydrogens (tertiary/aromatic N) is 2. The number of carbonyl (C=O) groups excluding carboxylic acids is 1. The minimum absolute atomic E-state index is 0.277. The summed E-state index contributed by atoms with van der Waals surface area (Å²) in [5.74, 6) is -0.00265. The molecule has 0 unspecified atom stereocenters. The fourth-order valence-electron chi connectivity index (χ4n) is 2.18. The molecule has 0 atom stereocenters. The molecule has 0 radical (unpaired) electrons. The summed E-state index contributed by atoms with van der Waals surface area (Å²) in [5.41, 5.74) is 2.44. The molecule has 6 nitrogen and oxygen atoms in total. The van der Waals surface area contributed by atoms with Gasteiger partial charge in [-0.1, -0.05) is 11.3 Å². The molecule has 0 saturated carbocycles. The molecule has 0 fully saturated rings. The molecule has 0 saturated heterocycles. The van der Waals surface area contributed by atoms with Crippen molar-refractivity contribution in [2.24, 2.45) is 0 Å². The number of benzene rings is 1. The number of thiazole rings is 1. The lowest BCUT2D eigenvalue weighted by Crippen LogP contribution is -2.10. The van der Waals surface area contributed by atoms with E-state index in [1.807, 2.05) is 36.4 Å². The van der Waals surface area contributed by atoms with E-state index >= 15 is 0 Å². The van der Waals surface area contributed by atoms with Crippen molar-refractivity contribution in [3.8, 4) is 0 Å². The third kappa shape index (κ3) is 2.97. The number of hydrogen-bond donors (Lipinski definition) is 2. The fourth-order valence-corrected chi connectivity index (χ4v) is 3.01. The van der Waals surface area contributed by atoms with Gasteiger partial charge < -0.3 is 15.1 Å². The first-order chi connectivity index (χ1) is 11.8. The number of rotatable bonds is 4. The van der Waals surface area contributed by atoms with Gasteiger partial charge in [0.1, 0.15) is 10.3 Å². The second-order valence-electron chi connectivity index (χ2n) is 4.98. The van der Waals surface area contributed by atoms with E-state index in [1.54, 1.807) is 18.3 Å². The van der Waals surface area contributed by atoms with E-state index < -0.39 is 0 Å². The zero-order valence-corrected chi connectivity index (χ0v) is 13.2. The number of nitrogens with one attached hydrogen (secondary N) is 2. The molecule has 0 aliphatic rings. The van der Waals surface area contributed by atoms with Crippen LogP contribution in [-0.2, 0) is 0 Å². The van der Waals surface area contributed by atoms with Crippen LogP contribution >= 0.6 is 11.3 Å². The lowest BCUT2D eigenvalue weighted by atomic mass is 10.2. The third-order valence-corrected chi connectivity index (χ3v) is 4.20. The van der Waals surface area contributed by atoms with Crippen molar-refractivity contribution in [1.82, 2.24) is 9.97 Å². The highest BCUT2D eigenvalue weighted by Crippen LogP contribution is 2.27. The molecule has 0 aliphatic heterocycles. The van der Waals surface area contributed by atoms with E-state index in [1.165, 1.54) is 17.6 Å². The van der Waals surface area contributed by atoms with E-state index in [2.05, 4.69) is 20.6 Å². The Balaban J connectivity index is 1.46. The molecule has 118 valence electrons. The van der Waals surface area contributed by atoms with Gasteiger partial charge in [-0.05, 0) is 48.5 Å². The van der Waals surface area contributed by atoms with Crippen LogP contribution in [0.1, 0.15) is 10.6 Å². The maximum atomic E-state index is 11.9. The van der Waals surface area contributed by atoms with Gasteiger partial charge in [0.15, 0.2) is 10.9 Å². The van der Waals surface area contributed by atoms with Crippen LogP contribution in [0, 0.1) is 0 Å². The SMILES string of the molecule is O=C(Nc1ccc(Nc2nc3cccnc3s2)cc1)c1ccco1. The average molecular weight is 336 g/mol. The molecule has 2 N–H and O–H groups in total. The first kappa shape index (κ1) is 14.4. The van der Waals surface area contributed by atoms with Crippen molar-refractivity contribution in [1.29, 1.82) is 0 Å². The van der Waals surface area contributed by atoms with Gasteiger partial charge in [-0.25, -0.2) is 9.97 Å². The van der Waals surface area contributed by atoms with Crippen LogP contribution in [0.15, 0.2) is 65.4 Å². The standard InChI is InChI=1S/C17H12N4O2S/c22-15(14-4-2-10-23-14)19-11-5-7-12(8-6-11)20-17-21-13-3-1-9-18-16(13)24-17/h1-10H,(H,19,22)(H,20,21). The van der Waals surface area contributed by atoms with Gasteiger partial charge in [-0.2, -0.15) is 0 Å². The highest BCUT2D eigenvalue weighted by Gasteiger charge is 2.09. The molecule has 24 heavy (non-hydrogen) atoms. The van der Waals surface area contributed by atoms with Crippen molar-refractivity contribution < 1.29 is 9.21 Å². The number of fused-ring (bicyclic) bond motifs is 1. The first-order valence-electron chi connectivity index (χ1n) is 7.21. The number of furan rings is 1. The Hall–Kier alpha value is -3.19. The van der Waals surface area contributed by atoms with Crippen molar-refractivity contribution in [2.75, 3.05) is 10.6 Å². The predicted octanol–water partition coefficient (Wildman–Crippen LogP) is 4.28. The molecule has 7 heteroatoms. The Morgan fingerprint density at radius 3 is 2.62 bits per heavy atom. The van der Waals surface area contributed by atoms with Crippen LogP contribution < -0.4 is 10.6 Å². The molecule has 4 aromatic rings. The van der Waals surface area contributed by atoms with Gasteiger partial charge >= 0.3 is 0 Å². The quantitative estimate of drug-likeness (QED) is 0.581. The van der Waals surface area contributed by atoms with Crippen LogP contribution in [0.4, 0.5) is 16.5 Å². The maximum absolute atomic E-state index is 11.9. The molecule has 3 aromatic heterocycles. The van der Waals surface area contributed by atoms with Gasteiger partial charge in [0.05, 0.1) is 6.26 Å². The van der Waals surface area contributed by atoms with Crippen LogP contribution in [0.2, 0.25) is 0 Å². The summed E-state index contributed by atoms with van der Waals surface area (Å²) >= 11 is 1.49. The minimum atomic E-state index is -0.280. The Morgan fingerprint density at radius 1 is 1.04 bits per heavy atom. The van der Waals surface area contributed by atoms with E-state index in [0.717, 1.165) is 21.2 Å². The summed E-state index contributed by atoms with van der Waals surface area (Å²) < 4.78 is 5.06. The lowest BCUT2D eigenvalue weighted by Gasteiger charge is -2.05. The smallest absolute Gasteiger partial charge is 0.291 e. The molecule has 3 heterocycles. The van der Waals surface area contributed by atoms with Gasteiger partial charge in [-0.3, -0.25) is 4.79 Å². The second kappa shape index (κ2) is 6.13. The minimum Gasteiger partial charge on any atom is -0.459 e. The lowest BCUT2D eigenvalue weighted by molar-refractivity contribution is 0.0996. The topological polar surface area (TPSA) is 80.0 Å². The number of amides is 1. The number of aromatic nitrogens is 2. The molecule has 0 aliphatic carbocycles. The monoisotopic (exact) mass is 336 g/mol. The molecule has 0 bridgehead atoms. The van der Waals surface area contributed by atoms with Gasteiger partial charge in [0.25, 0.3) is 5.91 Å². The summed E-state index contributed by atoms with van der Waals surface area (Å²) in [5, 5.41) is 6.79. The Bertz CT molecular complexity index is 944. The third-order valence-electron chi connectivity index (χ3n) is 3.31. The number of hydrogen-bond acceptors (Lipinski definition) is 6. The summed E-state index contributed by atoms with van der Waals surface area (Å²) in [4.78, 5) is 21.6. The Morgan fingerprint density at radius 2 is 1.88 bits per heavy atom. The summed E-state index contributed by atoms with van der Waals surface area (Å²) in [6.07, 6.45) is 3.22. The van der Waals surface area contributed by atoms with E-state index in [0.29, 0.717) is 5.69 Å². The zero-order chi connectivity index (χ0) is 16.4. The van der Waals surface area contributed by atoms with Crippen molar-refractivity contribution in [3.05, 3.63) is 66.8 Å². The highest BCUT2D eigenvalue weighted by molar-refractivity contribution is 7.21. The predicted molar refractivity (Wildman–Crippen MR) is 93.8 cm³/mol. The van der Waals surface area contributed by atoms with Gasteiger partial charge in [-0.15, -0.1) is 0 Å². The molecule has 0 spiro atoms. The average Bonchev–Trinajstić information content (AvgIpc) is 3.25. The summed E-state index contributed by atoms with van der Waals surface area (Å²) in [6, 6.07) is 14.5. The largest absolute Gasteiger partial charge is 0.459 e. The van der Waals surface area contributed by atoms with Crippen molar-refractivity contribution in [2.45, 2.75) is 0 Å². The van der Waals surface area contributed by atoms with E-state index in [4.69, 9.17) is 4.42 Å². The molecule has 1 amide bonds. The van der Waals surface area contributed by atoms with Crippen LogP contribution in [0.25, 0.3) is 10.3 Å². The van der Waals surface area contributed by atoms with E-state index in [-0.39, 0.29) is 11.7 Å². The molecular weight excluding hydrogens is 324 g/mol. The fraction of sp³-hybridized carbons (Fsp3) is 0. The number of anilines is 3. The number of carbonyl (C=O) groups is 1. The van der Waals surface area contributed by atoms with Gasteiger partial charge in [0.2, 0.25) is 0 Å². The Labute approximate surface area is 141 Å². The number of pyridine rings is 1. The second-order valence-corrected chi connectivity index (χ2v) is 5.96. The normalized spacial score (nSPS) is 10.7. The highest BCUT2D eigenvalue weighted by atomic mass is 32.1. The van der Waals surface area contributed by atoms with Crippen LogP contribution in [0.3, 0.4) is 0 Å². The molecule has 1 aromatic carbocycles. The van der Waals surface area contributed by atoms with Gasteiger partial charge in [0, 0.05) is 17.6 Å².